The van der Waals surface area contributed by atoms with Gasteiger partial charge in [0.15, 0.2) is 0 Å². The first-order valence-corrected chi connectivity index (χ1v) is 7.50. The summed E-state index contributed by atoms with van der Waals surface area (Å²) in [5.74, 6) is 1.50. The lowest BCUT2D eigenvalue weighted by atomic mass is 9.79. The molecule has 1 saturated carbocycles. The highest BCUT2D eigenvalue weighted by atomic mass is 16.4. The lowest BCUT2D eigenvalue weighted by Gasteiger charge is -2.42. The second kappa shape index (κ2) is 6.05. The monoisotopic (exact) mass is 253 g/mol. The Bertz CT molecular complexity index is 274. The molecule has 1 heterocycles. The average molecular weight is 253 g/mol. The van der Waals surface area contributed by atoms with Crippen molar-refractivity contribution in [3.05, 3.63) is 0 Å². The molecule has 3 heteroatoms. The summed E-state index contributed by atoms with van der Waals surface area (Å²) in [7, 11) is 0. The SMILES string of the molecule is CC1CC(C)CC(N2CCC(CC(=O)O)CC2)C1. The zero-order valence-electron chi connectivity index (χ0n) is 11.8. The third-order valence-electron chi connectivity index (χ3n) is 4.78. The molecule has 0 aromatic rings. The summed E-state index contributed by atoms with van der Waals surface area (Å²) in [5.41, 5.74) is 0. The van der Waals surface area contributed by atoms with E-state index in [1.165, 1.54) is 19.3 Å². The number of aliphatic carboxylic acids is 1. The van der Waals surface area contributed by atoms with Gasteiger partial charge in [0.1, 0.15) is 0 Å². The lowest BCUT2D eigenvalue weighted by molar-refractivity contribution is -0.138. The molecule has 2 fully saturated rings. The summed E-state index contributed by atoms with van der Waals surface area (Å²) in [6.45, 7) is 6.98. The number of hydrogen-bond acceptors (Lipinski definition) is 2. The largest absolute Gasteiger partial charge is 0.481 e. The molecule has 2 aliphatic rings. The Morgan fingerprint density at radius 3 is 2.17 bits per heavy atom. The maximum Gasteiger partial charge on any atom is 0.303 e. The van der Waals surface area contributed by atoms with Gasteiger partial charge in [-0.05, 0) is 62.9 Å². The van der Waals surface area contributed by atoms with Crippen molar-refractivity contribution in [2.24, 2.45) is 17.8 Å². The molecule has 1 aliphatic heterocycles. The summed E-state index contributed by atoms with van der Waals surface area (Å²) in [6.07, 6.45) is 6.58. The first kappa shape index (κ1) is 13.9. The van der Waals surface area contributed by atoms with E-state index in [0.29, 0.717) is 12.3 Å². The number of likely N-dealkylation sites (tertiary alicyclic amines) is 1. The van der Waals surface area contributed by atoms with Crippen LogP contribution in [0.1, 0.15) is 52.4 Å². The number of hydrogen-bond donors (Lipinski definition) is 1. The van der Waals surface area contributed by atoms with Crippen LogP contribution in [0, 0.1) is 17.8 Å². The molecule has 18 heavy (non-hydrogen) atoms. The molecule has 1 aliphatic carbocycles. The Morgan fingerprint density at radius 1 is 1.11 bits per heavy atom. The van der Waals surface area contributed by atoms with Gasteiger partial charge in [-0.3, -0.25) is 4.79 Å². The topological polar surface area (TPSA) is 40.5 Å². The molecule has 0 spiro atoms. The summed E-state index contributed by atoms with van der Waals surface area (Å²) in [6, 6.07) is 0.759. The van der Waals surface area contributed by atoms with E-state index in [4.69, 9.17) is 5.11 Å². The van der Waals surface area contributed by atoms with E-state index in [1.807, 2.05) is 0 Å². The van der Waals surface area contributed by atoms with Crippen LogP contribution in [0.3, 0.4) is 0 Å². The van der Waals surface area contributed by atoms with Crippen molar-refractivity contribution in [3.8, 4) is 0 Å². The Morgan fingerprint density at radius 2 is 1.67 bits per heavy atom. The van der Waals surface area contributed by atoms with Gasteiger partial charge in [-0.2, -0.15) is 0 Å². The third kappa shape index (κ3) is 3.71. The Balaban J connectivity index is 1.80. The summed E-state index contributed by atoms with van der Waals surface area (Å²) >= 11 is 0. The van der Waals surface area contributed by atoms with Crippen LogP contribution in [0.2, 0.25) is 0 Å². The lowest BCUT2D eigenvalue weighted by Crippen LogP contribution is -2.45. The minimum atomic E-state index is -0.631. The summed E-state index contributed by atoms with van der Waals surface area (Å²) in [4.78, 5) is 13.4. The number of carboxylic acid groups (broad SMARTS) is 1. The quantitative estimate of drug-likeness (QED) is 0.840. The standard InChI is InChI=1S/C15H27NO2/c1-11-7-12(2)9-14(8-11)16-5-3-13(4-6-16)10-15(17)18/h11-14H,3-10H2,1-2H3,(H,17,18). The number of piperidine rings is 1. The van der Waals surface area contributed by atoms with Crippen molar-refractivity contribution in [2.45, 2.75) is 58.4 Å². The molecule has 1 saturated heterocycles. The van der Waals surface area contributed by atoms with E-state index < -0.39 is 5.97 Å². The van der Waals surface area contributed by atoms with Gasteiger partial charge < -0.3 is 10.0 Å². The van der Waals surface area contributed by atoms with E-state index in [0.717, 1.165) is 43.8 Å². The Kier molecular flexibility index (Phi) is 4.66. The van der Waals surface area contributed by atoms with Gasteiger partial charge in [0, 0.05) is 12.5 Å². The molecule has 0 bridgehead atoms. The van der Waals surface area contributed by atoms with Crippen molar-refractivity contribution in [3.63, 3.8) is 0 Å². The molecular formula is C15H27NO2. The van der Waals surface area contributed by atoms with Gasteiger partial charge in [-0.15, -0.1) is 0 Å². The van der Waals surface area contributed by atoms with E-state index >= 15 is 0 Å². The molecular weight excluding hydrogens is 226 g/mol. The van der Waals surface area contributed by atoms with Crippen LogP contribution in [-0.4, -0.2) is 35.1 Å². The van der Waals surface area contributed by atoms with Crippen molar-refractivity contribution in [2.75, 3.05) is 13.1 Å². The molecule has 3 nitrogen and oxygen atoms in total. The van der Waals surface area contributed by atoms with Crippen molar-refractivity contribution >= 4 is 5.97 Å². The van der Waals surface area contributed by atoms with Crippen LogP contribution in [-0.2, 0) is 4.79 Å². The van der Waals surface area contributed by atoms with Crippen LogP contribution in [0.5, 0.6) is 0 Å². The van der Waals surface area contributed by atoms with Crippen LogP contribution < -0.4 is 0 Å². The molecule has 0 amide bonds. The fourth-order valence-corrected chi connectivity index (χ4v) is 3.97. The first-order valence-electron chi connectivity index (χ1n) is 7.50. The van der Waals surface area contributed by atoms with Crippen LogP contribution >= 0.6 is 0 Å². The van der Waals surface area contributed by atoms with E-state index in [2.05, 4.69) is 18.7 Å². The molecule has 0 aromatic heterocycles. The van der Waals surface area contributed by atoms with E-state index in [9.17, 15) is 4.79 Å². The highest BCUT2D eigenvalue weighted by molar-refractivity contribution is 5.67. The smallest absolute Gasteiger partial charge is 0.303 e. The molecule has 1 N–H and O–H groups in total. The normalized spacial score (nSPS) is 35.6. The fourth-order valence-electron chi connectivity index (χ4n) is 3.97. The predicted molar refractivity (Wildman–Crippen MR) is 72.5 cm³/mol. The van der Waals surface area contributed by atoms with Gasteiger partial charge >= 0.3 is 5.97 Å². The molecule has 104 valence electrons. The molecule has 2 rings (SSSR count). The van der Waals surface area contributed by atoms with E-state index in [-0.39, 0.29) is 0 Å². The maximum atomic E-state index is 10.7. The maximum absolute atomic E-state index is 10.7. The highest BCUT2D eigenvalue weighted by Gasteiger charge is 2.31. The Hall–Kier alpha value is -0.570. The van der Waals surface area contributed by atoms with Gasteiger partial charge in [-0.25, -0.2) is 0 Å². The molecule has 2 atom stereocenters. The fraction of sp³-hybridized carbons (Fsp3) is 0.933. The average Bonchev–Trinajstić information content (AvgIpc) is 2.27. The summed E-state index contributed by atoms with van der Waals surface area (Å²) in [5, 5.41) is 8.84. The van der Waals surface area contributed by atoms with Gasteiger partial charge in [0.25, 0.3) is 0 Å². The van der Waals surface area contributed by atoms with Crippen molar-refractivity contribution in [1.82, 2.24) is 4.90 Å². The molecule has 2 unspecified atom stereocenters. The van der Waals surface area contributed by atoms with Crippen molar-refractivity contribution < 1.29 is 9.90 Å². The second-order valence-electron chi connectivity index (χ2n) is 6.65. The summed E-state index contributed by atoms with van der Waals surface area (Å²) < 4.78 is 0. The van der Waals surface area contributed by atoms with Gasteiger partial charge in [0.05, 0.1) is 0 Å². The zero-order chi connectivity index (χ0) is 13.1. The first-order chi connectivity index (χ1) is 8.54. The van der Waals surface area contributed by atoms with Crippen LogP contribution in [0.25, 0.3) is 0 Å². The number of carboxylic acids is 1. The third-order valence-corrected chi connectivity index (χ3v) is 4.78. The van der Waals surface area contributed by atoms with Crippen molar-refractivity contribution in [1.29, 1.82) is 0 Å². The van der Waals surface area contributed by atoms with E-state index in [1.54, 1.807) is 0 Å². The van der Waals surface area contributed by atoms with Gasteiger partial charge in [-0.1, -0.05) is 13.8 Å². The second-order valence-corrected chi connectivity index (χ2v) is 6.65. The highest BCUT2D eigenvalue weighted by Crippen LogP contribution is 2.33. The minimum Gasteiger partial charge on any atom is -0.481 e. The van der Waals surface area contributed by atoms with Gasteiger partial charge in [0.2, 0.25) is 0 Å². The number of carbonyl (C=O) groups is 1. The zero-order valence-corrected chi connectivity index (χ0v) is 11.8. The molecule has 0 radical (unpaired) electrons. The Labute approximate surface area is 111 Å². The van der Waals surface area contributed by atoms with Crippen LogP contribution in [0.15, 0.2) is 0 Å². The number of rotatable bonds is 3. The molecule has 0 aromatic carbocycles. The minimum absolute atomic E-state index is 0.366. The van der Waals surface area contributed by atoms with Crippen LogP contribution in [0.4, 0.5) is 0 Å². The number of nitrogens with zero attached hydrogens (tertiary/aromatic N) is 1. The predicted octanol–water partition coefficient (Wildman–Crippen LogP) is 3.00.